The first kappa shape index (κ1) is 31.8. The van der Waals surface area contributed by atoms with Crippen LogP contribution in [0.5, 0.6) is 5.75 Å². The second-order valence-electron chi connectivity index (χ2n) is 10.5. The molecule has 0 aliphatic carbocycles. The summed E-state index contributed by atoms with van der Waals surface area (Å²) in [6, 6.07) is 19.8. The molecule has 0 saturated heterocycles. The van der Waals surface area contributed by atoms with Crippen molar-refractivity contribution in [2.75, 3.05) is 0 Å². The molecule has 0 spiro atoms. The predicted octanol–water partition coefficient (Wildman–Crippen LogP) is 1.94. The largest absolute Gasteiger partial charge is 0.508 e. The summed E-state index contributed by atoms with van der Waals surface area (Å²) >= 11 is 0. The van der Waals surface area contributed by atoms with Crippen LogP contribution in [0.2, 0.25) is 0 Å². The van der Waals surface area contributed by atoms with E-state index >= 15 is 0 Å². The van der Waals surface area contributed by atoms with Gasteiger partial charge < -0.3 is 31.9 Å². The molecule has 0 bridgehead atoms. The summed E-state index contributed by atoms with van der Waals surface area (Å²) in [5, 5.41) is 27.4. The van der Waals surface area contributed by atoms with Crippen LogP contribution in [0.25, 0.3) is 0 Å². The topological polar surface area (TPSA) is 171 Å². The number of nitrogens with two attached hydrogens (primary N) is 1. The van der Waals surface area contributed by atoms with Gasteiger partial charge in [0.1, 0.15) is 23.9 Å². The maximum Gasteiger partial charge on any atom is 0.326 e. The SMILES string of the molecule is CC(C)C(N)C(=O)NC(Cc1ccccc1)C(=O)NC(Cc1ccccc1)C(=O)NC(Cc1ccc(O)cc1)C(=O)O. The van der Waals surface area contributed by atoms with Gasteiger partial charge in [0.05, 0.1) is 6.04 Å². The van der Waals surface area contributed by atoms with Crippen LogP contribution in [0.3, 0.4) is 0 Å². The molecule has 3 aromatic carbocycles. The second kappa shape index (κ2) is 15.3. The summed E-state index contributed by atoms with van der Waals surface area (Å²) in [7, 11) is 0. The third-order valence-corrected chi connectivity index (χ3v) is 6.84. The van der Waals surface area contributed by atoms with Crippen LogP contribution in [0.4, 0.5) is 0 Å². The number of nitrogens with one attached hydrogen (secondary N) is 3. The van der Waals surface area contributed by atoms with Gasteiger partial charge in [-0.3, -0.25) is 14.4 Å². The van der Waals surface area contributed by atoms with Gasteiger partial charge in [0.25, 0.3) is 0 Å². The van der Waals surface area contributed by atoms with E-state index in [0.29, 0.717) is 5.56 Å². The number of amides is 3. The highest BCUT2D eigenvalue weighted by atomic mass is 16.4. The average Bonchev–Trinajstić information content (AvgIpc) is 2.97. The minimum atomic E-state index is -1.29. The highest BCUT2D eigenvalue weighted by molar-refractivity contribution is 5.94. The zero-order valence-electron chi connectivity index (χ0n) is 23.7. The quantitative estimate of drug-likeness (QED) is 0.171. The molecule has 0 radical (unpaired) electrons. The Labute approximate surface area is 245 Å². The molecule has 0 saturated carbocycles. The van der Waals surface area contributed by atoms with E-state index in [2.05, 4.69) is 16.0 Å². The van der Waals surface area contributed by atoms with E-state index in [0.717, 1.165) is 11.1 Å². The van der Waals surface area contributed by atoms with Gasteiger partial charge in [0, 0.05) is 19.3 Å². The van der Waals surface area contributed by atoms with E-state index in [9.17, 15) is 29.4 Å². The van der Waals surface area contributed by atoms with Gasteiger partial charge in [0.15, 0.2) is 0 Å². The van der Waals surface area contributed by atoms with Gasteiger partial charge in [-0.1, -0.05) is 86.6 Å². The number of rotatable bonds is 14. The van der Waals surface area contributed by atoms with Gasteiger partial charge in [-0.15, -0.1) is 0 Å². The van der Waals surface area contributed by atoms with Crippen molar-refractivity contribution in [3.05, 3.63) is 102 Å². The molecule has 0 aromatic heterocycles. The monoisotopic (exact) mass is 574 g/mol. The predicted molar refractivity (Wildman–Crippen MR) is 158 cm³/mol. The van der Waals surface area contributed by atoms with Gasteiger partial charge in [-0.05, 0) is 34.7 Å². The zero-order valence-corrected chi connectivity index (χ0v) is 23.7. The van der Waals surface area contributed by atoms with Crippen molar-refractivity contribution in [3.63, 3.8) is 0 Å². The Balaban J connectivity index is 1.84. The van der Waals surface area contributed by atoms with Gasteiger partial charge in [-0.25, -0.2) is 4.79 Å². The highest BCUT2D eigenvalue weighted by Crippen LogP contribution is 2.13. The number of aliphatic carboxylic acids is 1. The molecule has 4 unspecified atom stereocenters. The lowest BCUT2D eigenvalue weighted by atomic mass is 10.00. The molecular formula is C32H38N4O6. The van der Waals surface area contributed by atoms with Crippen LogP contribution in [0, 0.1) is 5.92 Å². The first-order valence-corrected chi connectivity index (χ1v) is 13.8. The summed E-state index contributed by atoms with van der Waals surface area (Å²) in [6.45, 7) is 3.60. The first-order valence-electron chi connectivity index (χ1n) is 13.8. The molecule has 3 rings (SSSR count). The average molecular weight is 575 g/mol. The number of hydrogen-bond acceptors (Lipinski definition) is 6. The fourth-order valence-electron chi connectivity index (χ4n) is 4.30. The van der Waals surface area contributed by atoms with Crippen LogP contribution in [-0.4, -0.2) is 58.1 Å². The van der Waals surface area contributed by atoms with E-state index in [1.54, 1.807) is 50.2 Å². The number of hydrogen-bond donors (Lipinski definition) is 6. The smallest absolute Gasteiger partial charge is 0.326 e. The Bertz CT molecular complexity index is 1330. The summed E-state index contributed by atoms with van der Waals surface area (Å²) in [4.78, 5) is 52.0. The molecule has 0 heterocycles. The number of carboxylic acids is 1. The lowest BCUT2D eigenvalue weighted by Crippen LogP contribution is -2.58. The van der Waals surface area contributed by atoms with E-state index < -0.39 is 47.9 Å². The van der Waals surface area contributed by atoms with Gasteiger partial charge in [-0.2, -0.15) is 0 Å². The number of phenolic OH excluding ortho intramolecular Hbond substituents is 1. The third-order valence-electron chi connectivity index (χ3n) is 6.84. The lowest BCUT2D eigenvalue weighted by Gasteiger charge is -2.26. The molecule has 7 N–H and O–H groups in total. The summed E-state index contributed by atoms with van der Waals surface area (Å²) in [5.41, 5.74) is 8.16. The number of aromatic hydroxyl groups is 1. The number of carbonyl (C=O) groups excluding carboxylic acids is 3. The molecule has 3 amide bonds. The fourth-order valence-corrected chi connectivity index (χ4v) is 4.30. The Morgan fingerprint density at radius 1 is 0.619 bits per heavy atom. The number of phenols is 1. The molecular weight excluding hydrogens is 536 g/mol. The first-order chi connectivity index (χ1) is 20.0. The second-order valence-corrected chi connectivity index (χ2v) is 10.5. The number of carboxylic acid groups (broad SMARTS) is 1. The molecule has 10 heteroatoms. The molecule has 0 aliphatic rings. The van der Waals surface area contributed by atoms with Crippen molar-refractivity contribution in [2.24, 2.45) is 11.7 Å². The minimum Gasteiger partial charge on any atom is -0.508 e. The van der Waals surface area contributed by atoms with E-state index in [-0.39, 0.29) is 30.9 Å². The zero-order chi connectivity index (χ0) is 30.6. The standard InChI is InChI=1S/C32H38N4O6/c1-20(2)28(33)31(40)35-26(18-22-11-7-4-8-12-22)29(38)34-25(17-21-9-5-3-6-10-21)30(39)36-27(32(41)42)19-23-13-15-24(37)16-14-23/h3-16,20,25-28,37H,17-19,33H2,1-2H3,(H,34,38)(H,35,40)(H,36,39)(H,41,42). The summed E-state index contributed by atoms with van der Waals surface area (Å²) in [6.07, 6.45) is 0.204. The third kappa shape index (κ3) is 9.74. The Kier molecular flexibility index (Phi) is 11.6. The van der Waals surface area contributed by atoms with Crippen molar-refractivity contribution in [3.8, 4) is 5.75 Å². The Morgan fingerprint density at radius 2 is 1.00 bits per heavy atom. The van der Waals surface area contributed by atoms with E-state index in [1.165, 1.54) is 12.1 Å². The molecule has 10 nitrogen and oxygen atoms in total. The van der Waals surface area contributed by atoms with Gasteiger partial charge in [0.2, 0.25) is 17.7 Å². The van der Waals surface area contributed by atoms with Crippen molar-refractivity contribution in [2.45, 2.75) is 57.3 Å². The van der Waals surface area contributed by atoms with Crippen molar-refractivity contribution in [1.82, 2.24) is 16.0 Å². The molecule has 0 aliphatic heterocycles. The van der Waals surface area contributed by atoms with Crippen molar-refractivity contribution < 1.29 is 29.4 Å². The van der Waals surface area contributed by atoms with E-state index in [1.807, 2.05) is 36.4 Å². The van der Waals surface area contributed by atoms with Crippen molar-refractivity contribution in [1.29, 1.82) is 0 Å². The van der Waals surface area contributed by atoms with Crippen LogP contribution in [-0.2, 0) is 38.4 Å². The lowest BCUT2D eigenvalue weighted by molar-refractivity contribution is -0.142. The molecule has 3 aromatic rings. The summed E-state index contributed by atoms with van der Waals surface area (Å²) in [5.74, 6) is -3.18. The molecule has 222 valence electrons. The van der Waals surface area contributed by atoms with Crippen molar-refractivity contribution >= 4 is 23.7 Å². The molecule has 0 fully saturated rings. The van der Waals surface area contributed by atoms with E-state index in [4.69, 9.17) is 5.73 Å². The molecule has 4 atom stereocenters. The van der Waals surface area contributed by atoms with Crippen LogP contribution in [0.15, 0.2) is 84.9 Å². The van der Waals surface area contributed by atoms with Crippen LogP contribution in [0.1, 0.15) is 30.5 Å². The maximum atomic E-state index is 13.6. The fraction of sp³-hybridized carbons (Fsp3) is 0.312. The minimum absolute atomic E-state index is 0.0341. The van der Waals surface area contributed by atoms with Crippen LogP contribution < -0.4 is 21.7 Å². The number of carbonyl (C=O) groups is 4. The Hall–Kier alpha value is -4.70. The maximum absolute atomic E-state index is 13.6. The van der Waals surface area contributed by atoms with Gasteiger partial charge >= 0.3 is 5.97 Å². The van der Waals surface area contributed by atoms with Crippen LogP contribution >= 0.6 is 0 Å². The Morgan fingerprint density at radius 3 is 1.43 bits per heavy atom. The normalized spacial score (nSPS) is 13.8. The molecule has 42 heavy (non-hydrogen) atoms. The summed E-state index contributed by atoms with van der Waals surface area (Å²) < 4.78 is 0. The highest BCUT2D eigenvalue weighted by Gasteiger charge is 2.31. The number of benzene rings is 3.